The number of aliphatic hydroxyl groups excluding tert-OH is 2. The van der Waals surface area contributed by atoms with Crippen LogP contribution in [0.3, 0.4) is 0 Å². The number of epoxide rings is 2. The van der Waals surface area contributed by atoms with Crippen molar-refractivity contribution in [2.45, 2.75) is 26.1 Å². The number of rotatable bonds is 7. The van der Waals surface area contributed by atoms with Crippen LogP contribution < -0.4 is 18.9 Å². The molecule has 2 heterocycles. The summed E-state index contributed by atoms with van der Waals surface area (Å²) in [5.74, 6) is 2.75. The van der Waals surface area contributed by atoms with Crippen LogP contribution in [0.4, 0.5) is 0 Å². The van der Waals surface area contributed by atoms with E-state index in [2.05, 4.69) is 21.6 Å². The van der Waals surface area contributed by atoms with Crippen LogP contribution in [0.1, 0.15) is 11.1 Å². The van der Waals surface area contributed by atoms with Crippen molar-refractivity contribution in [2.24, 2.45) is 0 Å². The molecule has 2 N–H and O–H groups in total. The Hall–Kier alpha value is -2.52. The van der Waals surface area contributed by atoms with Gasteiger partial charge in [-0.05, 0) is 49.2 Å². The predicted molar refractivity (Wildman–Crippen MR) is 121 cm³/mol. The molecule has 0 aliphatic carbocycles. The van der Waals surface area contributed by atoms with Gasteiger partial charge >= 0.3 is 0 Å². The maximum absolute atomic E-state index is 8.08. The van der Waals surface area contributed by atoms with E-state index in [1.165, 1.54) is 0 Å². The largest absolute Gasteiger partial charge is 0.493 e. The van der Waals surface area contributed by atoms with E-state index in [1.54, 1.807) is 28.4 Å². The molecule has 2 saturated heterocycles. The van der Waals surface area contributed by atoms with Crippen LogP contribution in [0.25, 0.3) is 11.1 Å². The van der Waals surface area contributed by atoms with E-state index in [9.17, 15) is 0 Å². The molecular formula is C24H34O8. The molecule has 32 heavy (non-hydrogen) atoms. The number of hydrogen-bond donors (Lipinski definition) is 2. The molecule has 178 valence electrons. The lowest BCUT2D eigenvalue weighted by Gasteiger charge is -2.18. The number of ether oxygens (including phenoxy) is 6. The van der Waals surface area contributed by atoms with Crippen LogP contribution >= 0.6 is 0 Å². The van der Waals surface area contributed by atoms with Gasteiger partial charge in [0.1, 0.15) is 12.2 Å². The number of aryl methyl sites for hydroxylation is 2. The van der Waals surface area contributed by atoms with Gasteiger partial charge in [-0.2, -0.15) is 0 Å². The second-order valence-corrected chi connectivity index (χ2v) is 7.37. The van der Waals surface area contributed by atoms with Gasteiger partial charge in [-0.1, -0.05) is 0 Å². The van der Waals surface area contributed by atoms with Crippen LogP contribution in [0.15, 0.2) is 24.3 Å². The molecule has 8 heteroatoms. The Bertz CT molecular complexity index is 788. The van der Waals surface area contributed by atoms with Crippen LogP contribution in [-0.2, 0) is 9.47 Å². The zero-order valence-electron chi connectivity index (χ0n) is 19.6. The fraction of sp³-hybridized carbons (Fsp3) is 0.500. The van der Waals surface area contributed by atoms with Gasteiger partial charge in [0.05, 0.1) is 54.9 Å². The summed E-state index contributed by atoms with van der Waals surface area (Å²) in [6.45, 7) is 5.95. The third kappa shape index (κ3) is 7.27. The molecular weight excluding hydrogens is 416 g/mol. The Morgan fingerprint density at radius 2 is 1.03 bits per heavy atom. The van der Waals surface area contributed by atoms with Gasteiger partial charge in [0.15, 0.2) is 23.0 Å². The summed E-state index contributed by atoms with van der Waals surface area (Å²) >= 11 is 0. The molecule has 2 aromatic rings. The van der Waals surface area contributed by atoms with Gasteiger partial charge in [-0.15, -0.1) is 0 Å². The van der Waals surface area contributed by atoms with Crippen LogP contribution in [-0.4, -0.2) is 77.3 Å². The molecule has 2 atom stereocenters. The fourth-order valence-electron chi connectivity index (χ4n) is 2.95. The molecule has 0 amide bonds. The molecule has 2 aliphatic rings. The average molecular weight is 451 g/mol. The molecule has 0 saturated carbocycles. The Morgan fingerprint density at radius 1 is 0.688 bits per heavy atom. The van der Waals surface area contributed by atoms with E-state index in [1.807, 2.05) is 26.0 Å². The van der Waals surface area contributed by atoms with Gasteiger partial charge in [-0.3, -0.25) is 0 Å². The highest BCUT2D eigenvalue weighted by molar-refractivity contribution is 5.81. The van der Waals surface area contributed by atoms with Gasteiger partial charge in [-0.25, -0.2) is 0 Å². The minimum Gasteiger partial charge on any atom is -0.493 e. The second-order valence-electron chi connectivity index (χ2n) is 7.37. The number of benzene rings is 2. The summed E-state index contributed by atoms with van der Waals surface area (Å²) in [5.41, 5.74) is 3.99. The summed E-state index contributed by atoms with van der Waals surface area (Å²) in [7, 11) is 6.54. The van der Waals surface area contributed by atoms with E-state index >= 15 is 0 Å². The minimum absolute atomic E-state index is 0.190. The van der Waals surface area contributed by atoms with Gasteiger partial charge < -0.3 is 38.6 Å². The summed E-state index contributed by atoms with van der Waals surface area (Å²) in [4.78, 5) is 0. The molecule has 2 unspecified atom stereocenters. The van der Waals surface area contributed by atoms with Crippen molar-refractivity contribution in [1.29, 1.82) is 0 Å². The molecule has 8 nitrogen and oxygen atoms in total. The van der Waals surface area contributed by atoms with Crippen molar-refractivity contribution in [3.63, 3.8) is 0 Å². The fourth-order valence-corrected chi connectivity index (χ4v) is 2.95. The zero-order chi connectivity index (χ0) is 23.7. The molecule has 2 aromatic carbocycles. The number of hydrogen-bond acceptors (Lipinski definition) is 8. The minimum atomic E-state index is 0.190. The highest BCUT2D eigenvalue weighted by Crippen LogP contribution is 2.46. The first-order valence-corrected chi connectivity index (χ1v) is 10.3. The summed E-state index contributed by atoms with van der Waals surface area (Å²) in [6.07, 6.45) is 0.380. The zero-order valence-corrected chi connectivity index (χ0v) is 19.6. The summed E-state index contributed by atoms with van der Waals surface area (Å²) in [6, 6.07) is 8.00. The number of methoxy groups -OCH3 is 4. The lowest BCUT2D eigenvalue weighted by molar-refractivity contribution is 0.244. The highest BCUT2D eigenvalue weighted by Gasteiger charge is 2.21. The van der Waals surface area contributed by atoms with Crippen molar-refractivity contribution < 1.29 is 38.6 Å². The molecule has 2 fully saturated rings. The third-order valence-electron chi connectivity index (χ3n) is 4.75. The van der Waals surface area contributed by atoms with Crippen molar-refractivity contribution in [3.05, 3.63) is 35.4 Å². The number of aliphatic hydroxyl groups is 2. The summed E-state index contributed by atoms with van der Waals surface area (Å²) in [5, 5.41) is 16.2. The predicted octanol–water partition coefficient (Wildman–Crippen LogP) is 2.76. The molecule has 4 rings (SSSR count). The van der Waals surface area contributed by atoms with Crippen LogP contribution in [0, 0.1) is 13.8 Å². The van der Waals surface area contributed by atoms with Crippen molar-refractivity contribution in [2.75, 3.05) is 54.9 Å². The Labute approximate surface area is 189 Å². The monoisotopic (exact) mass is 450 g/mol. The first-order chi connectivity index (χ1) is 15.4. The van der Waals surface area contributed by atoms with Gasteiger partial charge in [0, 0.05) is 11.1 Å². The van der Waals surface area contributed by atoms with Crippen molar-refractivity contribution >= 4 is 0 Å². The lowest BCUT2D eigenvalue weighted by Crippen LogP contribution is -1.98. The molecule has 0 radical (unpaired) electrons. The normalized spacial score (nSPS) is 17.8. The Balaban J connectivity index is 0.000000294. The highest BCUT2D eigenvalue weighted by atomic mass is 16.6. The van der Waals surface area contributed by atoms with Crippen molar-refractivity contribution in [1.82, 2.24) is 0 Å². The molecule has 0 spiro atoms. The molecule has 0 aromatic heterocycles. The Kier molecular flexibility index (Phi) is 10.1. The Morgan fingerprint density at radius 3 is 1.22 bits per heavy atom. The third-order valence-corrected chi connectivity index (χ3v) is 4.75. The topological polar surface area (TPSA) is 102 Å². The smallest absolute Gasteiger partial charge is 0.168 e. The molecule has 2 aliphatic heterocycles. The quantitative estimate of drug-likeness (QED) is 0.621. The first-order valence-electron chi connectivity index (χ1n) is 10.3. The van der Waals surface area contributed by atoms with Gasteiger partial charge in [0.25, 0.3) is 0 Å². The summed E-state index contributed by atoms with van der Waals surface area (Å²) < 4.78 is 31.2. The second kappa shape index (κ2) is 12.5. The van der Waals surface area contributed by atoms with Crippen LogP contribution in [0.2, 0.25) is 0 Å². The van der Waals surface area contributed by atoms with E-state index < -0.39 is 0 Å². The van der Waals surface area contributed by atoms with Gasteiger partial charge in [0.2, 0.25) is 0 Å². The van der Waals surface area contributed by atoms with Crippen molar-refractivity contribution in [3.8, 4) is 34.1 Å². The molecule has 0 bridgehead atoms. The van der Waals surface area contributed by atoms with E-state index in [0.717, 1.165) is 35.5 Å². The maximum Gasteiger partial charge on any atom is 0.168 e. The van der Waals surface area contributed by atoms with E-state index in [4.69, 9.17) is 29.2 Å². The van der Waals surface area contributed by atoms with E-state index in [0.29, 0.717) is 23.0 Å². The first kappa shape index (κ1) is 25.7. The standard InChI is InChI=1S/C18H22O4.2C3H6O2/c1-11-7-13(17(21-5)15(9-11)19-3)14-8-12(2)10-16(20-4)18(14)22-6;2*4-1-3-2-5-3/h7-10H,1-6H3;2*3-4H,1-2H2. The maximum atomic E-state index is 8.08. The van der Waals surface area contributed by atoms with E-state index in [-0.39, 0.29) is 25.4 Å². The average Bonchev–Trinajstić information content (AvgIpc) is 3.72. The van der Waals surface area contributed by atoms with Crippen LogP contribution in [0.5, 0.6) is 23.0 Å². The lowest BCUT2D eigenvalue weighted by atomic mass is 9.98. The SMILES string of the molecule is COc1cc(C)cc(-c2cc(C)cc(OC)c2OC)c1OC.OCC1CO1.OCC1CO1.